The number of ether oxygens (including phenoxy) is 1. The number of rotatable bonds is 3. The fourth-order valence-electron chi connectivity index (χ4n) is 1.44. The molecule has 0 aliphatic rings. The number of amides is 1. The Hall–Kier alpha value is -1.62. The van der Waals surface area contributed by atoms with Crippen LogP contribution in [0.1, 0.15) is 32.4 Å². The van der Waals surface area contributed by atoms with Crippen molar-refractivity contribution in [3.8, 4) is 0 Å². The maximum atomic E-state index is 11.9. The Balaban J connectivity index is 2.91. The van der Waals surface area contributed by atoms with Crippen LogP contribution in [0.15, 0.2) is 18.3 Å². The molecule has 104 valence electrons. The Morgan fingerprint density at radius 3 is 2.63 bits per heavy atom. The van der Waals surface area contributed by atoms with Gasteiger partial charge in [0.25, 0.3) is 0 Å². The molecular formula is C13H17ClN2O3. The van der Waals surface area contributed by atoms with Gasteiger partial charge in [0, 0.05) is 13.2 Å². The molecule has 1 atom stereocenters. The first-order valence-corrected chi connectivity index (χ1v) is 6.15. The van der Waals surface area contributed by atoms with Crippen LogP contribution in [-0.4, -0.2) is 34.9 Å². The lowest BCUT2D eigenvalue weighted by molar-refractivity contribution is -0.112. The maximum Gasteiger partial charge on any atom is 0.410 e. The third-order valence-corrected chi connectivity index (χ3v) is 2.53. The monoisotopic (exact) mass is 284 g/mol. The molecule has 0 aliphatic carbocycles. The van der Waals surface area contributed by atoms with Crippen molar-refractivity contribution in [2.75, 3.05) is 7.05 Å². The summed E-state index contributed by atoms with van der Waals surface area (Å²) in [6, 6.07) is 2.42. The van der Waals surface area contributed by atoms with E-state index in [1.54, 1.807) is 32.9 Å². The highest BCUT2D eigenvalue weighted by molar-refractivity contribution is 6.29. The molecule has 0 aromatic carbocycles. The molecule has 0 saturated heterocycles. The number of hydrogen-bond donors (Lipinski definition) is 0. The van der Waals surface area contributed by atoms with Crippen molar-refractivity contribution >= 4 is 24.0 Å². The molecule has 1 rings (SSSR count). The Labute approximate surface area is 117 Å². The van der Waals surface area contributed by atoms with Gasteiger partial charge >= 0.3 is 6.09 Å². The number of halogens is 1. The molecule has 1 unspecified atom stereocenters. The van der Waals surface area contributed by atoms with Gasteiger partial charge in [-0.3, -0.25) is 4.90 Å². The second-order valence-electron chi connectivity index (χ2n) is 5.08. The Morgan fingerprint density at radius 2 is 2.16 bits per heavy atom. The summed E-state index contributed by atoms with van der Waals surface area (Å²) in [6.07, 6.45) is 1.57. The summed E-state index contributed by atoms with van der Waals surface area (Å²) in [4.78, 5) is 28.2. The highest BCUT2D eigenvalue weighted by atomic mass is 35.5. The maximum absolute atomic E-state index is 11.9. The third kappa shape index (κ3) is 4.52. The van der Waals surface area contributed by atoms with Gasteiger partial charge in [0.2, 0.25) is 0 Å². The summed E-state index contributed by atoms with van der Waals surface area (Å²) in [5.74, 6) is 0. The molecule has 0 saturated carbocycles. The molecule has 1 amide bonds. The average molecular weight is 285 g/mol. The number of carbonyl (C=O) groups is 2. The highest BCUT2D eigenvalue weighted by Crippen LogP contribution is 2.21. The summed E-state index contributed by atoms with van der Waals surface area (Å²) < 4.78 is 5.21. The molecule has 1 aromatic heterocycles. The van der Waals surface area contributed by atoms with Crippen LogP contribution in [0.3, 0.4) is 0 Å². The van der Waals surface area contributed by atoms with Crippen molar-refractivity contribution < 1.29 is 14.3 Å². The quantitative estimate of drug-likeness (QED) is 0.632. The summed E-state index contributed by atoms with van der Waals surface area (Å²) in [7, 11) is 1.50. The molecule has 1 aromatic rings. The van der Waals surface area contributed by atoms with Crippen LogP contribution in [0.4, 0.5) is 4.79 Å². The molecule has 19 heavy (non-hydrogen) atoms. The number of carbonyl (C=O) groups excluding carboxylic acids is 2. The van der Waals surface area contributed by atoms with Crippen molar-refractivity contribution in [1.82, 2.24) is 9.88 Å². The van der Waals surface area contributed by atoms with Gasteiger partial charge in [-0.1, -0.05) is 11.6 Å². The molecule has 0 spiro atoms. The van der Waals surface area contributed by atoms with Crippen molar-refractivity contribution in [1.29, 1.82) is 0 Å². The van der Waals surface area contributed by atoms with E-state index in [9.17, 15) is 9.59 Å². The van der Waals surface area contributed by atoms with E-state index < -0.39 is 17.7 Å². The van der Waals surface area contributed by atoms with Crippen LogP contribution in [0.5, 0.6) is 0 Å². The van der Waals surface area contributed by atoms with E-state index in [-0.39, 0.29) is 5.15 Å². The van der Waals surface area contributed by atoms with Crippen LogP contribution in [-0.2, 0) is 9.53 Å². The van der Waals surface area contributed by atoms with Crippen molar-refractivity contribution in [2.24, 2.45) is 0 Å². The Bertz CT molecular complexity index is 471. The molecule has 0 aliphatic heterocycles. The number of likely N-dealkylation sites (N-methyl/N-ethyl adjacent to an activating group) is 1. The minimum atomic E-state index is -0.754. The first-order valence-electron chi connectivity index (χ1n) is 5.77. The number of pyridine rings is 1. The average Bonchev–Trinajstić information content (AvgIpc) is 2.27. The van der Waals surface area contributed by atoms with Crippen LogP contribution >= 0.6 is 11.6 Å². The van der Waals surface area contributed by atoms with E-state index >= 15 is 0 Å². The van der Waals surface area contributed by atoms with Gasteiger partial charge in [-0.2, -0.15) is 0 Å². The topological polar surface area (TPSA) is 59.5 Å². The number of hydrogen-bond acceptors (Lipinski definition) is 4. The Kier molecular flexibility index (Phi) is 4.89. The smallest absolute Gasteiger partial charge is 0.410 e. The molecular weight excluding hydrogens is 268 g/mol. The Morgan fingerprint density at radius 1 is 1.53 bits per heavy atom. The van der Waals surface area contributed by atoms with Gasteiger partial charge in [-0.15, -0.1) is 0 Å². The van der Waals surface area contributed by atoms with Gasteiger partial charge in [-0.05, 0) is 38.5 Å². The molecule has 6 heteroatoms. The molecule has 1 heterocycles. The highest BCUT2D eigenvalue weighted by Gasteiger charge is 2.26. The second kappa shape index (κ2) is 6.02. The van der Waals surface area contributed by atoms with Crippen molar-refractivity contribution in [3.05, 3.63) is 29.0 Å². The molecule has 0 N–H and O–H groups in total. The van der Waals surface area contributed by atoms with Gasteiger partial charge in [0.1, 0.15) is 23.1 Å². The summed E-state index contributed by atoms with van der Waals surface area (Å²) >= 11 is 5.77. The summed E-state index contributed by atoms with van der Waals surface area (Å²) in [5, 5.41) is 0.266. The number of aldehydes is 1. The third-order valence-electron chi connectivity index (χ3n) is 2.32. The van der Waals surface area contributed by atoms with E-state index in [1.165, 1.54) is 18.1 Å². The lowest BCUT2D eigenvalue weighted by Crippen LogP contribution is -2.37. The zero-order valence-electron chi connectivity index (χ0n) is 11.4. The molecule has 0 radical (unpaired) electrons. The zero-order valence-corrected chi connectivity index (χ0v) is 12.1. The second-order valence-corrected chi connectivity index (χ2v) is 5.47. The van der Waals surface area contributed by atoms with E-state index in [1.807, 2.05) is 0 Å². The predicted octanol–water partition coefficient (Wildman–Crippen LogP) is 2.84. The van der Waals surface area contributed by atoms with Gasteiger partial charge in [0.15, 0.2) is 0 Å². The lowest BCUT2D eigenvalue weighted by atomic mass is 10.1. The SMILES string of the molecule is CN(C(=O)OC(C)(C)C)C(C=O)c1ccnc(Cl)c1. The predicted molar refractivity (Wildman–Crippen MR) is 72.0 cm³/mol. The van der Waals surface area contributed by atoms with Crippen LogP contribution < -0.4 is 0 Å². The van der Waals surface area contributed by atoms with Gasteiger partial charge in [0.05, 0.1) is 0 Å². The van der Waals surface area contributed by atoms with Crippen LogP contribution in [0.25, 0.3) is 0 Å². The first-order chi connectivity index (χ1) is 8.74. The van der Waals surface area contributed by atoms with Gasteiger partial charge in [-0.25, -0.2) is 9.78 Å². The van der Waals surface area contributed by atoms with Crippen LogP contribution in [0.2, 0.25) is 5.15 Å². The van der Waals surface area contributed by atoms with Crippen molar-refractivity contribution in [3.63, 3.8) is 0 Å². The van der Waals surface area contributed by atoms with Crippen molar-refractivity contribution in [2.45, 2.75) is 32.4 Å². The van der Waals surface area contributed by atoms with E-state index in [4.69, 9.17) is 16.3 Å². The normalized spacial score (nSPS) is 12.7. The fourth-order valence-corrected chi connectivity index (χ4v) is 1.62. The van der Waals surface area contributed by atoms with Gasteiger partial charge < -0.3 is 9.53 Å². The van der Waals surface area contributed by atoms with E-state index in [0.717, 1.165) is 0 Å². The summed E-state index contributed by atoms with van der Waals surface area (Å²) in [5.41, 5.74) is -0.0300. The number of nitrogens with zero attached hydrogens (tertiary/aromatic N) is 2. The van der Waals surface area contributed by atoms with E-state index in [2.05, 4.69) is 4.98 Å². The number of aromatic nitrogens is 1. The molecule has 5 nitrogen and oxygen atoms in total. The van der Waals surface area contributed by atoms with E-state index in [0.29, 0.717) is 11.8 Å². The summed E-state index contributed by atoms with van der Waals surface area (Å²) in [6.45, 7) is 5.29. The standard InChI is InChI=1S/C13H17ClN2O3/c1-13(2,3)19-12(18)16(4)10(8-17)9-5-6-15-11(14)7-9/h5-8,10H,1-4H3. The van der Waals surface area contributed by atoms with Crippen LogP contribution in [0, 0.1) is 0 Å². The fraction of sp³-hybridized carbons (Fsp3) is 0.462. The minimum Gasteiger partial charge on any atom is -0.444 e. The molecule has 0 bridgehead atoms. The molecule has 0 fully saturated rings. The largest absolute Gasteiger partial charge is 0.444 e. The minimum absolute atomic E-state index is 0.266. The lowest BCUT2D eigenvalue weighted by Gasteiger charge is -2.28. The first kappa shape index (κ1) is 15.4. The zero-order chi connectivity index (χ0) is 14.6.